The molecule has 0 aliphatic carbocycles. The number of aryl methyl sites for hydroxylation is 1. The van der Waals surface area contributed by atoms with Crippen molar-refractivity contribution in [3.05, 3.63) is 17.1 Å². The molecule has 1 rings (SSSR count). The number of rotatable bonds is 2. The van der Waals surface area contributed by atoms with Crippen LogP contribution in [0.4, 0.5) is 0 Å². The van der Waals surface area contributed by atoms with E-state index in [9.17, 15) is 0 Å². The van der Waals surface area contributed by atoms with E-state index in [0.717, 1.165) is 11.8 Å². The van der Waals surface area contributed by atoms with E-state index in [1.807, 2.05) is 12.3 Å². The van der Waals surface area contributed by atoms with Crippen LogP contribution < -0.4 is 0 Å². The van der Waals surface area contributed by atoms with Crippen molar-refractivity contribution in [2.75, 3.05) is 5.33 Å². The van der Waals surface area contributed by atoms with E-state index in [0.29, 0.717) is 0 Å². The number of hydrogen-bond acceptors (Lipinski definition) is 2. The summed E-state index contributed by atoms with van der Waals surface area (Å²) >= 11 is 4.92. The highest BCUT2D eigenvalue weighted by Crippen LogP contribution is 2.05. The number of aromatic nitrogens is 1. The van der Waals surface area contributed by atoms with Gasteiger partial charge >= 0.3 is 0 Å². The van der Waals surface area contributed by atoms with Gasteiger partial charge in [-0.15, -0.1) is 0 Å². The van der Waals surface area contributed by atoms with E-state index < -0.39 is 0 Å². The summed E-state index contributed by atoms with van der Waals surface area (Å²) in [5.74, 6) is 0. The van der Waals surface area contributed by atoms with Crippen LogP contribution >= 0.6 is 27.5 Å². The molecule has 1 heterocycles. The largest absolute Gasteiger partial charge is 0.201 e. The van der Waals surface area contributed by atoms with Gasteiger partial charge in [0, 0.05) is 16.4 Å². The molecule has 0 aromatic carbocycles. The van der Waals surface area contributed by atoms with Crippen molar-refractivity contribution >= 4 is 27.5 Å². The topological polar surface area (TPSA) is 12.9 Å². The van der Waals surface area contributed by atoms with Crippen molar-refractivity contribution in [3.63, 3.8) is 0 Å². The lowest BCUT2D eigenvalue weighted by Gasteiger charge is -1.82. The fourth-order valence-corrected chi connectivity index (χ4v) is 1.73. The summed E-state index contributed by atoms with van der Waals surface area (Å²) in [4.78, 5) is 1.35. The molecule has 0 N–H and O–H groups in total. The van der Waals surface area contributed by atoms with Gasteiger partial charge in [0.05, 0.1) is 0 Å². The Labute approximate surface area is 61.0 Å². The molecule has 0 radical (unpaired) electrons. The first-order valence-corrected chi connectivity index (χ1v) is 4.28. The second-order valence-electron chi connectivity index (χ2n) is 1.42. The lowest BCUT2D eigenvalue weighted by Crippen LogP contribution is -1.76. The highest BCUT2D eigenvalue weighted by Gasteiger charge is 1.89. The smallest absolute Gasteiger partial charge is 0.0409 e. The standard InChI is InChI=1S/C5H6BrNS/c6-3-1-5-2-4-7-8-5/h2,4H,1,3H2. The predicted molar refractivity (Wildman–Crippen MR) is 39.6 cm³/mol. The molecule has 0 aliphatic heterocycles. The Kier molecular flexibility index (Phi) is 2.49. The van der Waals surface area contributed by atoms with Gasteiger partial charge in [-0.25, -0.2) is 4.37 Å². The Morgan fingerprint density at radius 1 is 1.75 bits per heavy atom. The summed E-state index contributed by atoms with van der Waals surface area (Å²) in [5, 5.41) is 1.04. The van der Waals surface area contributed by atoms with Crippen LogP contribution in [-0.4, -0.2) is 9.70 Å². The minimum Gasteiger partial charge on any atom is -0.201 e. The Bertz CT molecular complexity index is 138. The lowest BCUT2D eigenvalue weighted by atomic mass is 10.4. The third kappa shape index (κ3) is 1.56. The highest BCUT2D eigenvalue weighted by atomic mass is 79.9. The van der Waals surface area contributed by atoms with Gasteiger partial charge in [0.2, 0.25) is 0 Å². The minimum absolute atomic E-state index is 1.04. The molecule has 44 valence electrons. The monoisotopic (exact) mass is 191 g/mol. The number of hydrogen-bond donors (Lipinski definition) is 0. The van der Waals surface area contributed by atoms with Crippen LogP contribution in [0.1, 0.15) is 4.88 Å². The van der Waals surface area contributed by atoms with E-state index >= 15 is 0 Å². The SMILES string of the molecule is BrCCc1ccns1. The summed E-state index contributed by atoms with van der Waals surface area (Å²) in [7, 11) is 0. The second-order valence-corrected chi connectivity index (χ2v) is 3.13. The number of nitrogens with zero attached hydrogens (tertiary/aromatic N) is 1. The quantitative estimate of drug-likeness (QED) is 0.653. The Hall–Kier alpha value is 0.110. The van der Waals surface area contributed by atoms with Crippen LogP contribution in [0.2, 0.25) is 0 Å². The van der Waals surface area contributed by atoms with E-state index in [2.05, 4.69) is 20.3 Å². The Morgan fingerprint density at radius 2 is 2.62 bits per heavy atom. The van der Waals surface area contributed by atoms with Crippen molar-refractivity contribution in [1.82, 2.24) is 4.37 Å². The highest BCUT2D eigenvalue weighted by molar-refractivity contribution is 9.09. The average molecular weight is 192 g/mol. The fourth-order valence-electron chi connectivity index (χ4n) is 0.464. The summed E-state index contributed by atoms with van der Waals surface area (Å²) < 4.78 is 3.96. The second kappa shape index (κ2) is 3.20. The molecule has 0 atom stereocenters. The van der Waals surface area contributed by atoms with E-state index in [4.69, 9.17) is 0 Å². The fraction of sp³-hybridized carbons (Fsp3) is 0.400. The zero-order valence-corrected chi connectivity index (χ0v) is 6.70. The summed E-state index contributed by atoms with van der Waals surface area (Å²) in [6.45, 7) is 0. The average Bonchev–Trinajstić information content (AvgIpc) is 2.19. The van der Waals surface area contributed by atoms with Crippen molar-refractivity contribution < 1.29 is 0 Å². The minimum atomic E-state index is 1.04. The van der Waals surface area contributed by atoms with Gasteiger partial charge in [0.1, 0.15) is 0 Å². The van der Waals surface area contributed by atoms with Gasteiger partial charge in [0.25, 0.3) is 0 Å². The third-order valence-corrected chi connectivity index (χ3v) is 2.03. The summed E-state index contributed by atoms with van der Waals surface area (Å²) in [5.41, 5.74) is 0. The van der Waals surface area contributed by atoms with Crippen molar-refractivity contribution in [2.24, 2.45) is 0 Å². The molecular formula is C5H6BrNS. The molecular weight excluding hydrogens is 186 g/mol. The maximum absolute atomic E-state index is 3.96. The molecule has 0 amide bonds. The first-order chi connectivity index (χ1) is 3.93. The van der Waals surface area contributed by atoms with Gasteiger partial charge < -0.3 is 0 Å². The van der Waals surface area contributed by atoms with E-state index in [1.165, 1.54) is 4.88 Å². The summed E-state index contributed by atoms with van der Waals surface area (Å²) in [6, 6.07) is 2.05. The van der Waals surface area contributed by atoms with Gasteiger partial charge in [0.15, 0.2) is 0 Å². The normalized spacial score (nSPS) is 9.62. The van der Waals surface area contributed by atoms with Gasteiger partial charge in [-0.3, -0.25) is 0 Å². The van der Waals surface area contributed by atoms with E-state index in [1.54, 1.807) is 11.5 Å². The number of halogens is 1. The molecule has 3 heteroatoms. The maximum Gasteiger partial charge on any atom is 0.0409 e. The first kappa shape index (κ1) is 6.23. The van der Waals surface area contributed by atoms with Crippen LogP contribution in [-0.2, 0) is 6.42 Å². The molecule has 0 saturated heterocycles. The molecule has 0 aliphatic rings. The molecule has 0 bridgehead atoms. The first-order valence-electron chi connectivity index (χ1n) is 2.39. The molecule has 1 aromatic rings. The third-order valence-electron chi connectivity index (χ3n) is 0.832. The maximum atomic E-state index is 3.96. The Morgan fingerprint density at radius 3 is 3.12 bits per heavy atom. The van der Waals surface area contributed by atoms with E-state index in [-0.39, 0.29) is 0 Å². The molecule has 0 spiro atoms. The van der Waals surface area contributed by atoms with Crippen LogP contribution in [0.5, 0.6) is 0 Å². The molecule has 1 nitrogen and oxygen atoms in total. The predicted octanol–water partition coefficient (Wildman–Crippen LogP) is 2.08. The van der Waals surface area contributed by atoms with Crippen molar-refractivity contribution in [2.45, 2.75) is 6.42 Å². The van der Waals surface area contributed by atoms with Crippen LogP contribution in [0.3, 0.4) is 0 Å². The molecule has 0 fully saturated rings. The van der Waals surface area contributed by atoms with Crippen molar-refractivity contribution in [3.8, 4) is 0 Å². The molecule has 1 aromatic heterocycles. The molecule has 8 heavy (non-hydrogen) atoms. The van der Waals surface area contributed by atoms with Gasteiger partial charge in [-0.2, -0.15) is 0 Å². The van der Waals surface area contributed by atoms with Crippen LogP contribution in [0, 0.1) is 0 Å². The molecule has 0 saturated carbocycles. The zero-order chi connectivity index (χ0) is 5.82. The Balaban J connectivity index is 2.50. The lowest BCUT2D eigenvalue weighted by molar-refractivity contribution is 1.22. The van der Waals surface area contributed by atoms with Crippen LogP contribution in [0.15, 0.2) is 12.3 Å². The van der Waals surface area contributed by atoms with Gasteiger partial charge in [-0.05, 0) is 24.0 Å². The zero-order valence-electron chi connectivity index (χ0n) is 4.30. The van der Waals surface area contributed by atoms with Crippen molar-refractivity contribution in [1.29, 1.82) is 0 Å². The van der Waals surface area contributed by atoms with Crippen LogP contribution in [0.25, 0.3) is 0 Å². The van der Waals surface area contributed by atoms with Gasteiger partial charge in [-0.1, -0.05) is 15.9 Å². The summed E-state index contributed by atoms with van der Waals surface area (Å²) in [6.07, 6.45) is 2.94. The molecule has 0 unspecified atom stereocenters. The number of alkyl halides is 1.